The van der Waals surface area contributed by atoms with Gasteiger partial charge in [0, 0.05) is 24.7 Å². The lowest BCUT2D eigenvalue weighted by molar-refractivity contribution is 0.0693. The standard InChI is InChI=1S/C21H21N3O5/c25-18-6-5-13(11-15(18)20(27)28)19(26)12-23-9-7-14(8-10-23)24-17-4-2-1-3-16(17)22-21(24)29/h1-6,11,14,25H,7-10,12H2,(H,22,29)(H,27,28). The fourth-order valence-corrected chi connectivity index (χ4v) is 3.95. The van der Waals surface area contributed by atoms with E-state index in [1.807, 2.05) is 29.2 Å². The minimum atomic E-state index is -1.28. The number of rotatable bonds is 5. The van der Waals surface area contributed by atoms with E-state index in [0.29, 0.717) is 13.1 Å². The van der Waals surface area contributed by atoms with E-state index >= 15 is 0 Å². The molecular formula is C21H21N3O5. The second kappa shape index (κ2) is 7.56. The van der Waals surface area contributed by atoms with Gasteiger partial charge in [-0.2, -0.15) is 0 Å². The van der Waals surface area contributed by atoms with E-state index in [9.17, 15) is 19.5 Å². The zero-order valence-corrected chi connectivity index (χ0v) is 15.7. The zero-order chi connectivity index (χ0) is 20.5. The molecule has 0 bridgehead atoms. The molecule has 2 heterocycles. The van der Waals surface area contributed by atoms with Crippen molar-refractivity contribution in [3.8, 4) is 5.75 Å². The third-order valence-electron chi connectivity index (χ3n) is 5.46. The summed E-state index contributed by atoms with van der Waals surface area (Å²) in [7, 11) is 0. The molecular weight excluding hydrogens is 374 g/mol. The molecule has 3 aromatic rings. The number of aromatic amines is 1. The van der Waals surface area contributed by atoms with Gasteiger partial charge in [-0.05, 0) is 43.2 Å². The number of aromatic hydroxyl groups is 1. The molecule has 0 atom stereocenters. The number of nitrogens with zero attached hydrogens (tertiary/aromatic N) is 2. The van der Waals surface area contributed by atoms with Gasteiger partial charge in [-0.3, -0.25) is 14.3 Å². The Morgan fingerprint density at radius 3 is 2.55 bits per heavy atom. The van der Waals surface area contributed by atoms with Crippen molar-refractivity contribution in [2.45, 2.75) is 18.9 Å². The Kier molecular flexibility index (Phi) is 4.94. The molecule has 1 aliphatic rings. The van der Waals surface area contributed by atoms with E-state index in [4.69, 9.17) is 5.11 Å². The van der Waals surface area contributed by atoms with Gasteiger partial charge in [0.25, 0.3) is 0 Å². The third kappa shape index (κ3) is 3.66. The van der Waals surface area contributed by atoms with Crippen LogP contribution in [-0.2, 0) is 0 Å². The van der Waals surface area contributed by atoms with E-state index in [-0.39, 0.29) is 40.9 Å². The molecule has 0 radical (unpaired) electrons. The number of piperidine rings is 1. The van der Waals surface area contributed by atoms with Gasteiger partial charge in [-0.25, -0.2) is 9.59 Å². The Morgan fingerprint density at radius 1 is 1.10 bits per heavy atom. The molecule has 0 spiro atoms. The van der Waals surface area contributed by atoms with Crippen LogP contribution in [0.2, 0.25) is 0 Å². The van der Waals surface area contributed by atoms with E-state index < -0.39 is 5.97 Å². The summed E-state index contributed by atoms with van der Waals surface area (Å²) in [6, 6.07) is 11.5. The summed E-state index contributed by atoms with van der Waals surface area (Å²) in [4.78, 5) is 41.0. The first-order valence-electron chi connectivity index (χ1n) is 9.45. The molecule has 1 aromatic heterocycles. The van der Waals surface area contributed by atoms with Gasteiger partial charge in [0.05, 0.1) is 17.6 Å². The lowest BCUT2D eigenvalue weighted by Crippen LogP contribution is -2.39. The molecule has 8 heteroatoms. The highest BCUT2D eigenvalue weighted by molar-refractivity contribution is 6.01. The Bertz CT molecular complexity index is 1140. The molecule has 3 N–H and O–H groups in total. The maximum atomic E-state index is 12.6. The van der Waals surface area contributed by atoms with Crippen molar-refractivity contribution in [3.63, 3.8) is 0 Å². The third-order valence-corrected chi connectivity index (χ3v) is 5.46. The number of imidazole rings is 1. The lowest BCUT2D eigenvalue weighted by Gasteiger charge is -2.32. The smallest absolute Gasteiger partial charge is 0.339 e. The normalized spacial score (nSPS) is 15.6. The van der Waals surface area contributed by atoms with Crippen LogP contribution in [0, 0.1) is 0 Å². The summed E-state index contributed by atoms with van der Waals surface area (Å²) in [6.07, 6.45) is 1.48. The van der Waals surface area contributed by atoms with Crippen LogP contribution >= 0.6 is 0 Å². The van der Waals surface area contributed by atoms with Crippen LogP contribution in [0.5, 0.6) is 5.75 Å². The summed E-state index contributed by atoms with van der Waals surface area (Å²) in [6.45, 7) is 1.48. The van der Waals surface area contributed by atoms with Crippen molar-refractivity contribution >= 4 is 22.8 Å². The number of likely N-dealkylation sites (tertiary alicyclic amines) is 1. The number of ketones is 1. The van der Waals surface area contributed by atoms with Gasteiger partial charge in [-0.15, -0.1) is 0 Å². The van der Waals surface area contributed by atoms with Crippen molar-refractivity contribution in [1.29, 1.82) is 0 Å². The molecule has 1 aliphatic heterocycles. The molecule has 29 heavy (non-hydrogen) atoms. The minimum Gasteiger partial charge on any atom is -0.507 e. The second-order valence-corrected chi connectivity index (χ2v) is 7.28. The molecule has 4 rings (SSSR count). The van der Waals surface area contributed by atoms with Gasteiger partial charge < -0.3 is 15.2 Å². The van der Waals surface area contributed by atoms with Gasteiger partial charge in [0.15, 0.2) is 5.78 Å². The van der Waals surface area contributed by atoms with Crippen molar-refractivity contribution in [1.82, 2.24) is 14.5 Å². The maximum absolute atomic E-state index is 12.6. The molecule has 2 aromatic carbocycles. The Labute approximate surface area is 166 Å². The van der Waals surface area contributed by atoms with E-state index in [0.717, 1.165) is 23.9 Å². The van der Waals surface area contributed by atoms with Gasteiger partial charge in [-0.1, -0.05) is 12.1 Å². The van der Waals surface area contributed by atoms with E-state index in [2.05, 4.69) is 4.98 Å². The SMILES string of the molecule is O=C(CN1CCC(n2c(=O)[nH]c3ccccc32)CC1)c1ccc(O)c(C(=O)O)c1. The number of fused-ring (bicyclic) bond motifs is 1. The summed E-state index contributed by atoms with van der Waals surface area (Å²) >= 11 is 0. The Balaban J connectivity index is 1.43. The Morgan fingerprint density at radius 2 is 1.83 bits per heavy atom. The predicted molar refractivity (Wildman–Crippen MR) is 107 cm³/mol. The van der Waals surface area contributed by atoms with Crippen LogP contribution in [0.4, 0.5) is 0 Å². The maximum Gasteiger partial charge on any atom is 0.339 e. The fraction of sp³-hybridized carbons (Fsp3) is 0.286. The van der Waals surface area contributed by atoms with E-state index in [1.165, 1.54) is 18.2 Å². The van der Waals surface area contributed by atoms with Gasteiger partial charge >= 0.3 is 11.7 Å². The summed E-state index contributed by atoms with van der Waals surface area (Å²) in [5.41, 5.74) is 1.56. The number of hydrogen-bond donors (Lipinski definition) is 3. The second-order valence-electron chi connectivity index (χ2n) is 7.28. The molecule has 0 aliphatic carbocycles. The number of phenols is 1. The first-order valence-corrected chi connectivity index (χ1v) is 9.45. The van der Waals surface area contributed by atoms with Crippen LogP contribution in [-0.4, -0.2) is 56.1 Å². The molecule has 150 valence electrons. The van der Waals surface area contributed by atoms with Crippen LogP contribution in [0.1, 0.15) is 39.6 Å². The predicted octanol–water partition coefficient (Wildman–Crippen LogP) is 2.25. The van der Waals surface area contributed by atoms with Gasteiger partial charge in [0.1, 0.15) is 11.3 Å². The number of hydrogen-bond acceptors (Lipinski definition) is 5. The number of carbonyl (C=O) groups is 2. The largest absolute Gasteiger partial charge is 0.507 e. The highest BCUT2D eigenvalue weighted by Crippen LogP contribution is 2.25. The number of benzene rings is 2. The van der Waals surface area contributed by atoms with Crippen LogP contribution in [0.3, 0.4) is 0 Å². The topological polar surface area (TPSA) is 116 Å². The first kappa shape index (κ1) is 18.9. The summed E-state index contributed by atoms with van der Waals surface area (Å²) in [5, 5.41) is 18.7. The number of Topliss-reactive ketones (excluding diaryl/α,β-unsaturated/α-hetero) is 1. The number of carboxylic acids is 1. The van der Waals surface area contributed by atoms with Crippen LogP contribution in [0.15, 0.2) is 47.3 Å². The van der Waals surface area contributed by atoms with Crippen molar-refractivity contribution in [2.75, 3.05) is 19.6 Å². The highest BCUT2D eigenvalue weighted by Gasteiger charge is 2.25. The average Bonchev–Trinajstić information content (AvgIpc) is 3.04. The number of para-hydroxylation sites is 2. The number of carbonyl (C=O) groups excluding carboxylic acids is 1. The van der Waals surface area contributed by atoms with Crippen LogP contribution in [0.25, 0.3) is 11.0 Å². The number of aromatic nitrogens is 2. The van der Waals surface area contributed by atoms with Crippen molar-refractivity contribution in [3.05, 3.63) is 64.1 Å². The van der Waals surface area contributed by atoms with Crippen molar-refractivity contribution in [2.24, 2.45) is 0 Å². The fourth-order valence-electron chi connectivity index (χ4n) is 3.95. The van der Waals surface area contributed by atoms with Crippen molar-refractivity contribution < 1.29 is 19.8 Å². The number of aromatic carboxylic acids is 1. The summed E-state index contributed by atoms with van der Waals surface area (Å²) < 4.78 is 1.80. The zero-order valence-electron chi connectivity index (χ0n) is 15.7. The number of nitrogens with one attached hydrogen (secondary N) is 1. The monoisotopic (exact) mass is 395 g/mol. The molecule has 0 saturated carbocycles. The molecule has 1 fully saturated rings. The average molecular weight is 395 g/mol. The highest BCUT2D eigenvalue weighted by atomic mass is 16.4. The molecule has 0 unspecified atom stereocenters. The minimum absolute atomic E-state index is 0.0669. The van der Waals surface area contributed by atoms with Gasteiger partial charge in [0.2, 0.25) is 0 Å². The molecule has 1 saturated heterocycles. The van der Waals surface area contributed by atoms with E-state index in [1.54, 1.807) is 4.57 Å². The van der Waals surface area contributed by atoms with Crippen LogP contribution < -0.4 is 5.69 Å². The quantitative estimate of drug-likeness (QED) is 0.571. The molecule has 0 amide bonds. The Hall–Kier alpha value is -3.39. The lowest BCUT2D eigenvalue weighted by atomic mass is 10.0. The summed E-state index contributed by atoms with van der Waals surface area (Å²) in [5.74, 6) is -1.84. The number of carboxylic acid groups (broad SMARTS) is 1. The molecule has 8 nitrogen and oxygen atoms in total. The number of H-pyrrole nitrogens is 1. The first-order chi connectivity index (χ1) is 13.9.